The maximum absolute atomic E-state index is 13.3. The number of hydrogen-bond donors (Lipinski definition) is 3. The molecule has 0 bridgehead atoms. The van der Waals surface area contributed by atoms with Gasteiger partial charge in [-0.05, 0) is 54.4 Å². The lowest BCUT2D eigenvalue weighted by Crippen LogP contribution is -2.29. The summed E-state index contributed by atoms with van der Waals surface area (Å²) in [5.41, 5.74) is 1.92. The number of aromatic amines is 2. The minimum atomic E-state index is -4.02. The zero-order valence-electron chi connectivity index (χ0n) is 18.1. The molecule has 0 radical (unpaired) electrons. The quantitative estimate of drug-likeness (QED) is 0.389. The van der Waals surface area contributed by atoms with Gasteiger partial charge in [0.2, 0.25) is 0 Å². The number of nitrogens with one attached hydrogen (secondary N) is 3. The van der Waals surface area contributed by atoms with E-state index in [1.54, 1.807) is 37.3 Å². The zero-order chi connectivity index (χ0) is 23.9. The number of anilines is 2. The molecule has 33 heavy (non-hydrogen) atoms. The first-order valence-electron chi connectivity index (χ1n) is 9.92. The second-order valence-electron chi connectivity index (χ2n) is 7.81. The van der Waals surface area contributed by atoms with E-state index in [0.29, 0.717) is 16.8 Å². The molecule has 0 spiro atoms. The van der Waals surface area contributed by atoms with Gasteiger partial charge >= 0.3 is 11.1 Å². The number of aryl methyl sites for hydroxylation is 1. The Morgan fingerprint density at radius 1 is 0.879 bits per heavy atom. The highest BCUT2D eigenvalue weighted by molar-refractivity contribution is 7.92. The highest BCUT2D eigenvalue weighted by Gasteiger charge is 2.20. The summed E-state index contributed by atoms with van der Waals surface area (Å²) < 4.78 is 42.2. The molecule has 0 saturated heterocycles. The van der Waals surface area contributed by atoms with Crippen LogP contribution in [0.1, 0.15) is 5.56 Å². The van der Waals surface area contributed by atoms with Crippen molar-refractivity contribution in [1.82, 2.24) is 9.97 Å². The molecule has 8 nitrogen and oxygen atoms in total. The minimum absolute atomic E-state index is 0.0355. The third-order valence-electron chi connectivity index (χ3n) is 5.19. The fourth-order valence-corrected chi connectivity index (χ4v) is 4.89. The highest BCUT2D eigenvalue weighted by Crippen LogP contribution is 2.33. The Bertz CT molecular complexity index is 1590. The Labute approximate surface area is 188 Å². The van der Waals surface area contributed by atoms with Crippen molar-refractivity contribution in [2.24, 2.45) is 0 Å². The van der Waals surface area contributed by atoms with Gasteiger partial charge in [-0.25, -0.2) is 12.8 Å². The van der Waals surface area contributed by atoms with E-state index in [4.69, 9.17) is 0 Å². The molecule has 1 aromatic heterocycles. The molecule has 1 heterocycles. The molecule has 0 amide bonds. The second-order valence-corrected chi connectivity index (χ2v) is 9.46. The number of halogens is 1. The number of hydrogen-bond acceptors (Lipinski definition) is 5. The summed E-state index contributed by atoms with van der Waals surface area (Å²) in [7, 11) is -0.367. The number of benzene rings is 3. The van der Waals surface area contributed by atoms with Crippen LogP contribution in [0.3, 0.4) is 0 Å². The van der Waals surface area contributed by atoms with Gasteiger partial charge in [-0.15, -0.1) is 0 Å². The molecular weight excluding hydrogens is 447 g/mol. The molecule has 0 aliphatic carbocycles. The van der Waals surface area contributed by atoms with Crippen molar-refractivity contribution in [1.29, 1.82) is 0 Å². The van der Waals surface area contributed by atoms with E-state index in [1.165, 1.54) is 24.3 Å². The lowest BCUT2D eigenvalue weighted by molar-refractivity contribution is 0.600. The molecule has 0 saturated carbocycles. The molecule has 3 N–H and O–H groups in total. The van der Waals surface area contributed by atoms with Crippen LogP contribution in [0.5, 0.6) is 0 Å². The summed E-state index contributed by atoms with van der Waals surface area (Å²) >= 11 is 0. The van der Waals surface area contributed by atoms with Gasteiger partial charge in [-0.1, -0.05) is 18.2 Å². The second kappa shape index (κ2) is 8.21. The summed E-state index contributed by atoms with van der Waals surface area (Å²) in [6.45, 7) is 1.60. The van der Waals surface area contributed by atoms with Crippen LogP contribution < -0.4 is 20.7 Å². The van der Waals surface area contributed by atoms with Gasteiger partial charge < -0.3 is 14.9 Å². The lowest BCUT2D eigenvalue weighted by Gasteiger charge is -2.20. The Balaban J connectivity index is 1.75. The molecule has 0 fully saturated rings. The molecular formula is C23H21FN4O4S. The Morgan fingerprint density at radius 2 is 1.48 bits per heavy atom. The maximum atomic E-state index is 13.3. The molecule has 0 atom stereocenters. The summed E-state index contributed by atoms with van der Waals surface area (Å²) in [4.78, 5) is 29.8. The van der Waals surface area contributed by atoms with E-state index in [1.807, 2.05) is 19.0 Å². The first-order valence-corrected chi connectivity index (χ1v) is 11.4. The lowest BCUT2D eigenvalue weighted by atomic mass is 10.0. The molecule has 0 aliphatic rings. The predicted molar refractivity (Wildman–Crippen MR) is 127 cm³/mol. The van der Waals surface area contributed by atoms with E-state index >= 15 is 0 Å². The SMILES string of the molecule is Cc1cc2[nH]c(=O)c(=O)[nH]c2cc1S(=O)(=O)Nc1ccc(-c2ccc(F)cc2)c(N(C)C)c1. The van der Waals surface area contributed by atoms with Crippen LogP contribution in [0.15, 0.2) is 69.1 Å². The first-order chi connectivity index (χ1) is 15.5. The third-order valence-corrected chi connectivity index (χ3v) is 6.72. The summed E-state index contributed by atoms with van der Waals surface area (Å²) in [6.07, 6.45) is 0. The molecule has 3 aromatic carbocycles. The van der Waals surface area contributed by atoms with Crippen molar-refractivity contribution in [3.63, 3.8) is 0 Å². The van der Waals surface area contributed by atoms with E-state index < -0.39 is 21.1 Å². The van der Waals surface area contributed by atoms with Crippen LogP contribution in [0.2, 0.25) is 0 Å². The summed E-state index contributed by atoms with van der Waals surface area (Å²) in [6, 6.07) is 13.9. The fraction of sp³-hybridized carbons (Fsp3) is 0.130. The van der Waals surface area contributed by atoms with Crippen LogP contribution >= 0.6 is 0 Å². The zero-order valence-corrected chi connectivity index (χ0v) is 18.9. The third kappa shape index (κ3) is 4.37. The normalized spacial score (nSPS) is 11.5. The molecule has 4 rings (SSSR count). The van der Waals surface area contributed by atoms with Crippen molar-refractivity contribution in [2.45, 2.75) is 11.8 Å². The van der Waals surface area contributed by atoms with Crippen LogP contribution in [-0.4, -0.2) is 32.5 Å². The maximum Gasteiger partial charge on any atom is 0.314 e. The average molecular weight is 469 g/mol. The van der Waals surface area contributed by atoms with E-state index in [0.717, 1.165) is 16.8 Å². The van der Waals surface area contributed by atoms with Gasteiger partial charge in [0.05, 0.1) is 21.6 Å². The van der Waals surface area contributed by atoms with Crippen molar-refractivity contribution >= 4 is 32.4 Å². The Hall–Kier alpha value is -3.92. The van der Waals surface area contributed by atoms with Crippen LogP contribution in [0, 0.1) is 12.7 Å². The smallest absolute Gasteiger partial charge is 0.314 e. The van der Waals surface area contributed by atoms with Crippen LogP contribution in [0.25, 0.3) is 22.2 Å². The van der Waals surface area contributed by atoms with Crippen molar-refractivity contribution < 1.29 is 12.8 Å². The average Bonchev–Trinajstić information content (AvgIpc) is 2.75. The highest BCUT2D eigenvalue weighted by atomic mass is 32.2. The van der Waals surface area contributed by atoms with Gasteiger partial charge in [0.25, 0.3) is 10.0 Å². The molecule has 170 valence electrons. The number of nitrogens with zero attached hydrogens (tertiary/aromatic N) is 1. The van der Waals surface area contributed by atoms with Gasteiger partial charge in [0.1, 0.15) is 5.82 Å². The number of fused-ring (bicyclic) bond motifs is 1. The number of rotatable bonds is 5. The molecule has 4 aromatic rings. The van der Waals surface area contributed by atoms with Crippen molar-refractivity contribution in [2.75, 3.05) is 23.7 Å². The molecule has 0 aliphatic heterocycles. The summed E-state index contributed by atoms with van der Waals surface area (Å²) in [5, 5.41) is 0. The molecule has 10 heteroatoms. The minimum Gasteiger partial charge on any atom is -0.377 e. The van der Waals surface area contributed by atoms with E-state index in [9.17, 15) is 22.4 Å². The summed E-state index contributed by atoms with van der Waals surface area (Å²) in [5.74, 6) is -0.342. The van der Waals surface area contributed by atoms with Gasteiger partial charge in [0.15, 0.2) is 0 Å². The monoisotopic (exact) mass is 468 g/mol. The van der Waals surface area contributed by atoms with E-state index in [2.05, 4.69) is 14.7 Å². The standard InChI is InChI=1S/C23H21FN4O4S/c1-13-10-18-19(26-23(30)22(29)25-18)12-21(13)33(31,32)27-16-8-9-17(20(11-16)28(2)3)14-4-6-15(24)7-5-14/h4-12,27H,1-3H3,(H,25,29)(H,26,30). The Kier molecular flexibility index (Phi) is 5.54. The number of sulfonamides is 1. The fourth-order valence-electron chi connectivity index (χ4n) is 3.59. The largest absolute Gasteiger partial charge is 0.377 e. The van der Waals surface area contributed by atoms with Gasteiger partial charge in [-0.3, -0.25) is 14.3 Å². The van der Waals surface area contributed by atoms with Crippen LogP contribution in [0.4, 0.5) is 15.8 Å². The van der Waals surface area contributed by atoms with Crippen molar-refractivity contribution in [3.05, 3.63) is 86.7 Å². The van der Waals surface area contributed by atoms with Crippen molar-refractivity contribution in [3.8, 4) is 11.1 Å². The van der Waals surface area contributed by atoms with Gasteiger partial charge in [-0.2, -0.15) is 0 Å². The van der Waals surface area contributed by atoms with E-state index in [-0.39, 0.29) is 16.2 Å². The number of H-pyrrole nitrogens is 2. The predicted octanol–water partition coefficient (Wildman–Crippen LogP) is 3.20. The molecule has 0 unspecified atom stereocenters. The first kappa shape index (κ1) is 22.3. The number of aromatic nitrogens is 2. The van der Waals surface area contributed by atoms with Gasteiger partial charge in [0, 0.05) is 25.3 Å². The Morgan fingerprint density at radius 3 is 2.09 bits per heavy atom. The van der Waals surface area contributed by atoms with Crippen LogP contribution in [-0.2, 0) is 10.0 Å². The topological polar surface area (TPSA) is 115 Å².